The number of alkyl halides is 6. The predicted molar refractivity (Wildman–Crippen MR) is 133 cm³/mol. The largest absolute Gasteiger partial charge is 0.417 e. The van der Waals surface area contributed by atoms with Crippen LogP contribution in [-0.2, 0) is 17.1 Å². The molecule has 0 heterocycles. The van der Waals surface area contributed by atoms with Gasteiger partial charge in [0.1, 0.15) is 0 Å². The first-order chi connectivity index (χ1) is 15.0. The molecule has 0 saturated heterocycles. The zero-order chi connectivity index (χ0) is 26.0. The third-order valence-corrected chi connectivity index (χ3v) is 7.43. The average molecular weight is 823 g/mol. The summed E-state index contributed by atoms with van der Waals surface area (Å²) in [7, 11) is 0. The van der Waals surface area contributed by atoms with Gasteiger partial charge in [-0.2, -0.15) is 26.3 Å². The van der Waals surface area contributed by atoms with Crippen molar-refractivity contribution in [3.05, 3.63) is 76.0 Å². The van der Waals surface area contributed by atoms with E-state index in [-0.39, 0.29) is 30.3 Å². The third-order valence-electron chi connectivity index (χ3n) is 3.50. The average Bonchev–Trinajstić information content (AvgIpc) is 2.69. The molecule has 0 atom stereocenters. The molecule has 0 aliphatic carbocycles. The van der Waals surface area contributed by atoms with Crippen LogP contribution in [0.5, 0.6) is 0 Å². The van der Waals surface area contributed by atoms with Crippen molar-refractivity contribution in [2.75, 3.05) is 6.61 Å². The quantitative estimate of drug-likeness (QED) is 0.101. The molecule has 2 radical (unpaired) electrons. The van der Waals surface area contributed by atoms with Crippen LogP contribution in [0, 0.1) is 3.57 Å². The molecule has 0 bridgehead atoms. The molecule has 0 spiro atoms. The molecule has 2 nitrogen and oxygen atoms in total. The normalized spacial score (nSPS) is 10.9. The fourth-order valence-electron chi connectivity index (χ4n) is 2.02. The molecule has 2 aromatic carbocycles. The second-order valence-corrected chi connectivity index (χ2v) is 12.0. The van der Waals surface area contributed by atoms with Crippen LogP contribution in [0.15, 0.2) is 55.7 Å². The van der Waals surface area contributed by atoms with Gasteiger partial charge in [0.25, 0.3) is 0 Å². The number of Topliss-reactive ketones (excluding diaryl/α,β-unsaturated/α-hetero) is 1. The van der Waals surface area contributed by atoms with E-state index in [1.165, 1.54) is 12.1 Å². The fraction of sp³-hybridized carbons (Fsp3) is 0.286. The van der Waals surface area contributed by atoms with Crippen molar-refractivity contribution in [1.82, 2.24) is 0 Å². The summed E-state index contributed by atoms with van der Waals surface area (Å²) in [5.41, 5.74) is -1.81. The topological polar surface area (TPSA) is 26.3 Å². The summed E-state index contributed by atoms with van der Waals surface area (Å²) in [6, 6.07) is 7.55. The molecule has 0 aromatic heterocycles. The Morgan fingerprint density at radius 1 is 1.00 bits per heavy atom. The Bertz CT molecular complexity index is 949. The van der Waals surface area contributed by atoms with E-state index in [0.717, 1.165) is 35.5 Å². The molecule has 0 saturated carbocycles. The van der Waals surface area contributed by atoms with Gasteiger partial charge in [0, 0.05) is 18.1 Å². The van der Waals surface area contributed by atoms with E-state index in [4.69, 9.17) is 4.74 Å². The van der Waals surface area contributed by atoms with E-state index in [1.54, 1.807) is 28.7 Å². The number of ketones is 1. The number of halogens is 9. The van der Waals surface area contributed by atoms with Gasteiger partial charge in [0.15, 0.2) is 5.78 Å². The van der Waals surface area contributed by atoms with Gasteiger partial charge in [-0.15, -0.1) is 0 Å². The predicted octanol–water partition coefficient (Wildman–Crippen LogP) is 8.99. The Morgan fingerprint density at radius 3 is 1.79 bits per heavy atom. The molecule has 12 heteroatoms. The van der Waals surface area contributed by atoms with Crippen molar-refractivity contribution in [2.45, 2.75) is 31.1 Å². The van der Waals surface area contributed by atoms with Crippen LogP contribution >= 0.6 is 54.5 Å². The molecule has 0 fully saturated rings. The van der Waals surface area contributed by atoms with Crippen molar-refractivity contribution >= 4 is 81.4 Å². The second-order valence-electron chi connectivity index (χ2n) is 5.97. The molecule has 2 rings (SSSR count). The molecule has 0 unspecified atom stereocenters. The number of rotatable bonds is 4. The summed E-state index contributed by atoms with van der Waals surface area (Å²) in [4.78, 5) is 13.1. The van der Waals surface area contributed by atoms with Gasteiger partial charge in [-0.05, 0) is 65.9 Å². The van der Waals surface area contributed by atoms with Crippen LogP contribution in [-0.4, -0.2) is 33.5 Å². The maximum atomic E-state index is 12.4. The van der Waals surface area contributed by atoms with Crippen molar-refractivity contribution in [3.63, 3.8) is 0 Å². The number of benzene rings is 2. The van der Waals surface area contributed by atoms with Crippen LogP contribution in [0.4, 0.5) is 26.3 Å². The van der Waals surface area contributed by atoms with Crippen LogP contribution in [0.25, 0.3) is 0 Å². The number of carbonyl (C=O) groups excluding carboxylic acids is 1. The Kier molecular flexibility index (Phi) is 14.8. The van der Waals surface area contributed by atoms with E-state index in [0.29, 0.717) is 8.95 Å². The maximum Gasteiger partial charge on any atom is 0.417 e. The second kappa shape index (κ2) is 15.0. The van der Waals surface area contributed by atoms with E-state index < -0.39 is 29.3 Å². The molecule has 182 valence electrons. The van der Waals surface area contributed by atoms with Gasteiger partial charge in [0.05, 0.1) is 11.1 Å². The minimum atomic E-state index is -4.50. The molecule has 0 aliphatic heterocycles. The Labute approximate surface area is 229 Å². The fourth-order valence-corrected chi connectivity index (χ4v) is 4.21. The zero-order valence-electron chi connectivity index (χ0n) is 17.6. The van der Waals surface area contributed by atoms with Gasteiger partial charge < -0.3 is 0 Å². The summed E-state index contributed by atoms with van der Waals surface area (Å²) < 4.78 is 80.9. The molecular formula is C21H19Br2F6IO2Sn. The van der Waals surface area contributed by atoms with Crippen molar-refractivity contribution in [2.24, 2.45) is 0 Å². The minimum absolute atomic E-state index is 0.211. The van der Waals surface area contributed by atoms with Crippen LogP contribution in [0.1, 0.15) is 35.3 Å². The smallest absolute Gasteiger partial charge is 0.294 e. The number of hydrogen-bond donors (Lipinski definition) is 0. The van der Waals surface area contributed by atoms with E-state index in [2.05, 4.69) is 43.4 Å². The third kappa shape index (κ3) is 12.8. The number of carbonyl (C=O) groups is 1. The SMILES string of the molecule is C=[C](OCC)[Sn][CH3].CC(=O)c1ccc(Br)cc1C(F)(F)F.FC(F)(F)c1cc(Br)ccc1I. The first-order valence-corrected chi connectivity index (χ1v) is 15.9. The van der Waals surface area contributed by atoms with Gasteiger partial charge in [-0.1, -0.05) is 31.9 Å². The number of hydrogen-bond acceptors (Lipinski definition) is 2. The first-order valence-electron chi connectivity index (χ1n) is 8.93. The standard InChI is InChI=1S/C9H6BrF3O.C7H3BrF3I.C4H7O.CH3.Sn/c1-5(14)7-3-2-6(10)4-8(7)9(11,12)13;8-4-1-2-6(12)5(3-4)7(9,10)11;1-3-5-4-2;;/h2-4H,1H3;1-3H;1,4H2,2H3;1H3;. The van der Waals surface area contributed by atoms with Gasteiger partial charge in [0.2, 0.25) is 0 Å². The van der Waals surface area contributed by atoms with Crippen LogP contribution < -0.4 is 0 Å². The maximum absolute atomic E-state index is 12.4. The molecule has 33 heavy (non-hydrogen) atoms. The monoisotopic (exact) mass is 822 g/mol. The van der Waals surface area contributed by atoms with E-state index >= 15 is 0 Å². The Hall–Kier alpha value is -0.281. The minimum Gasteiger partial charge on any atom is -0.294 e. The summed E-state index contributed by atoms with van der Waals surface area (Å²) in [6.45, 7) is 7.60. The van der Waals surface area contributed by atoms with Crippen LogP contribution in [0.2, 0.25) is 4.94 Å². The molecule has 0 N–H and O–H groups in total. The molecule has 2 aromatic rings. The first kappa shape index (κ1) is 32.7. The summed E-state index contributed by atoms with van der Waals surface area (Å²) in [5, 5.41) is 0. The van der Waals surface area contributed by atoms with Gasteiger partial charge in [-0.25, -0.2) is 0 Å². The van der Waals surface area contributed by atoms with Crippen molar-refractivity contribution in [1.29, 1.82) is 0 Å². The van der Waals surface area contributed by atoms with Crippen LogP contribution in [0.3, 0.4) is 0 Å². The van der Waals surface area contributed by atoms with Crippen molar-refractivity contribution < 1.29 is 35.9 Å². The van der Waals surface area contributed by atoms with Gasteiger partial charge in [-0.3, -0.25) is 4.79 Å². The molecule has 0 aliphatic rings. The summed E-state index contributed by atoms with van der Waals surface area (Å²) >= 11 is 7.26. The summed E-state index contributed by atoms with van der Waals surface area (Å²) in [5.74, 6) is -0.593. The van der Waals surface area contributed by atoms with E-state index in [9.17, 15) is 31.1 Å². The molecule has 0 amide bonds. The summed E-state index contributed by atoms with van der Waals surface area (Å²) in [6.07, 6.45) is -8.76. The Morgan fingerprint density at radius 2 is 1.45 bits per heavy atom. The van der Waals surface area contributed by atoms with E-state index in [1.807, 2.05) is 6.92 Å². The molecular weight excluding hydrogens is 804 g/mol. The van der Waals surface area contributed by atoms with Crippen molar-refractivity contribution in [3.8, 4) is 0 Å². The Balaban J connectivity index is 0.000000492. The van der Waals surface area contributed by atoms with Gasteiger partial charge >= 0.3 is 67.1 Å². The zero-order valence-corrected chi connectivity index (χ0v) is 25.8. The number of ether oxygens (including phenoxy) is 1.